The number of benzene rings is 1. The van der Waals surface area contributed by atoms with Crippen LogP contribution in [-0.4, -0.2) is 108 Å². The number of ether oxygens (including phenoxy) is 7. The van der Waals surface area contributed by atoms with Crippen molar-refractivity contribution in [2.75, 3.05) is 99.1 Å². The monoisotopic (exact) mass is 504 g/mol. The van der Waals surface area contributed by atoms with Crippen LogP contribution in [0.15, 0.2) is 35.2 Å². The minimum Gasteiger partial charge on any atom is -0.377 e. The van der Waals surface area contributed by atoms with Crippen LogP contribution in [0.4, 0.5) is 0 Å². The van der Waals surface area contributed by atoms with Crippen LogP contribution in [0.25, 0.3) is 0 Å². The molecule has 1 rings (SSSR count). The zero-order valence-corrected chi connectivity index (χ0v) is 20.4. The van der Waals surface area contributed by atoms with Crippen LogP contribution in [0.3, 0.4) is 0 Å². The normalized spacial score (nSPS) is 11.5. The van der Waals surface area contributed by atoms with Crippen molar-refractivity contribution in [1.82, 2.24) is 0 Å². The van der Waals surface area contributed by atoms with Crippen molar-refractivity contribution in [3.63, 3.8) is 0 Å². The molecule has 0 atom stereocenters. The summed E-state index contributed by atoms with van der Waals surface area (Å²) in [6.45, 7) is 5.87. The Labute approximate surface area is 202 Å². The molecule has 194 valence electrons. The molecule has 0 N–H and O–H groups in total. The fourth-order valence-corrected chi connectivity index (χ4v) is 3.22. The first-order valence-electron chi connectivity index (χ1n) is 11.1. The molecule has 0 fully saturated rings. The average Bonchev–Trinajstić information content (AvgIpc) is 2.85. The van der Waals surface area contributed by atoms with E-state index in [1.807, 2.05) is 0 Å². The van der Waals surface area contributed by atoms with Crippen LogP contribution in [0.5, 0.6) is 0 Å². The molecular formula is C23H36O10S. The van der Waals surface area contributed by atoms with Crippen molar-refractivity contribution in [1.29, 1.82) is 0 Å². The molecule has 0 heterocycles. The lowest BCUT2D eigenvalue weighted by Gasteiger charge is -2.08. The van der Waals surface area contributed by atoms with Gasteiger partial charge in [-0.05, 0) is 12.1 Å². The average molecular weight is 505 g/mol. The van der Waals surface area contributed by atoms with E-state index in [-0.39, 0.29) is 18.1 Å². The van der Waals surface area contributed by atoms with Gasteiger partial charge < -0.3 is 33.2 Å². The smallest absolute Gasteiger partial charge is 0.297 e. The topological polar surface area (TPSA) is 108 Å². The lowest BCUT2D eigenvalue weighted by molar-refractivity contribution is -0.0204. The zero-order valence-electron chi connectivity index (χ0n) is 19.6. The first kappa shape index (κ1) is 30.4. The van der Waals surface area contributed by atoms with Crippen LogP contribution in [0.2, 0.25) is 0 Å². The summed E-state index contributed by atoms with van der Waals surface area (Å²) >= 11 is 0. The van der Waals surface area contributed by atoms with E-state index in [1.54, 1.807) is 18.2 Å². The maximum Gasteiger partial charge on any atom is 0.297 e. The lowest BCUT2D eigenvalue weighted by atomic mass is 10.4. The first-order valence-corrected chi connectivity index (χ1v) is 12.5. The third kappa shape index (κ3) is 17.8. The Hall–Kier alpha value is -1.59. The summed E-state index contributed by atoms with van der Waals surface area (Å²) in [5.74, 6) is 2.38. The van der Waals surface area contributed by atoms with Gasteiger partial charge in [-0.2, -0.15) is 8.42 Å². The predicted molar refractivity (Wildman–Crippen MR) is 124 cm³/mol. The molecule has 10 nitrogen and oxygen atoms in total. The van der Waals surface area contributed by atoms with Crippen LogP contribution in [0.1, 0.15) is 0 Å². The maximum atomic E-state index is 11.9. The van der Waals surface area contributed by atoms with Gasteiger partial charge in [-0.3, -0.25) is 4.18 Å². The zero-order chi connectivity index (χ0) is 24.6. The first-order chi connectivity index (χ1) is 16.7. The Morgan fingerprint density at radius 3 is 1.29 bits per heavy atom. The molecular weight excluding hydrogens is 468 g/mol. The van der Waals surface area contributed by atoms with Crippen molar-refractivity contribution in [2.24, 2.45) is 0 Å². The van der Waals surface area contributed by atoms with Gasteiger partial charge in [0.05, 0.1) is 97.4 Å². The number of rotatable bonds is 24. The highest BCUT2D eigenvalue weighted by Crippen LogP contribution is 2.10. The summed E-state index contributed by atoms with van der Waals surface area (Å²) in [4.78, 5) is 0.123. The lowest BCUT2D eigenvalue weighted by Crippen LogP contribution is -2.15. The van der Waals surface area contributed by atoms with E-state index < -0.39 is 10.1 Å². The minimum absolute atomic E-state index is 0.0533. The second kappa shape index (κ2) is 21.9. The van der Waals surface area contributed by atoms with E-state index in [4.69, 9.17) is 43.8 Å². The summed E-state index contributed by atoms with van der Waals surface area (Å²) in [5, 5.41) is 0. The third-order valence-electron chi connectivity index (χ3n) is 3.92. The van der Waals surface area contributed by atoms with E-state index in [0.29, 0.717) is 85.9 Å². The van der Waals surface area contributed by atoms with Crippen LogP contribution in [-0.2, 0) is 47.5 Å². The number of hydrogen-bond acceptors (Lipinski definition) is 10. The summed E-state index contributed by atoms with van der Waals surface area (Å²) in [7, 11) is -3.75. The van der Waals surface area contributed by atoms with Gasteiger partial charge in [0.1, 0.15) is 6.61 Å². The highest BCUT2D eigenvalue weighted by molar-refractivity contribution is 7.86. The van der Waals surface area contributed by atoms with E-state index >= 15 is 0 Å². The largest absolute Gasteiger partial charge is 0.377 e. The SMILES string of the molecule is C#CCOCCOCCOCCOCCOCCOCCOCCOS(=O)(=O)c1ccccc1. The molecule has 0 aromatic heterocycles. The summed E-state index contributed by atoms with van der Waals surface area (Å²) in [5.41, 5.74) is 0. The molecule has 0 aliphatic rings. The second-order valence-corrected chi connectivity index (χ2v) is 8.14. The third-order valence-corrected chi connectivity index (χ3v) is 5.24. The quantitative estimate of drug-likeness (QED) is 0.116. The highest BCUT2D eigenvalue weighted by Gasteiger charge is 2.13. The second-order valence-electron chi connectivity index (χ2n) is 6.52. The molecule has 1 aromatic rings. The summed E-state index contributed by atoms with van der Waals surface area (Å²) < 4.78 is 65.9. The molecule has 0 unspecified atom stereocenters. The van der Waals surface area contributed by atoms with Crippen molar-refractivity contribution in [3.8, 4) is 12.3 Å². The van der Waals surface area contributed by atoms with Crippen molar-refractivity contribution >= 4 is 10.1 Å². The van der Waals surface area contributed by atoms with Crippen LogP contribution in [0, 0.1) is 12.3 Å². The Morgan fingerprint density at radius 1 is 0.559 bits per heavy atom. The minimum atomic E-state index is -3.75. The van der Waals surface area contributed by atoms with Crippen molar-refractivity contribution < 1.29 is 45.8 Å². The van der Waals surface area contributed by atoms with E-state index in [0.717, 1.165) is 0 Å². The summed E-state index contributed by atoms with van der Waals surface area (Å²) in [6.07, 6.45) is 5.06. The fourth-order valence-electron chi connectivity index (χ4n) is 2.31. The Morgan fingerprint density at radius 2 is 0.912 bits per heavy atom. The van der Waals surface area contributed by atoms with Gasteiger partial charge in [-0.1, -0.05) is 24.1 Å². The molecule has 0 bridgehead atoms. The maximum absolute atomic E-state index is 11.9. The standard InChI is InChI=1S/C23H36O10S/c1-2-8-26-9-10-27-11-12-28-13-14-29-15-16-30-17-18-31-19-20-32-21-22-33-34(24,25)23-6-4-3-5-7-23/h1,3-7H,8-22H2. The number of hydrogen-bond donors (Lipinski definition) is 0. The van der Waals surface area contributed by atoms with Gasteiger partial charge in [0.25, 0.3) is 10.1 Å². The molecule has 34 heavy (non-hydrogen) atoms. The summed E-state index contributed by atoms with van der Waals surface area (Å²) in [6, 6.07) is 7.97. The molecule has 0 saturated carbocycles. The number of terminal acetylenes is 1. The molecule has 0 aliphatic heterocycles. The molecule has 0 spiro atoms. The molecule has 11 heteroatoms. The van der Waals surface area contributed by atoms with Crippen molar-refractivity contribution in [2.45, 2.75) is 4.90 Å². The van der Waals surface area contributed by atoms with Crippen LogP contribution >= 0.6 is 0 Å². The molecule has 0 amide bonds. The highest BCUT2D eigenvalue weighted by atomic mass is 32.2. The Balaban J connectivity index is 1.74. The van der Waals surface area contributed by atoms with Gasteiger partial charge in [0, 0.05) is 0 Å². The molecule has 1 aromatic carbocycles. The Kier molecular flexibility index (Phi) is 19.6. The van der Waals surface area contributed by atoms with E-state index in [1.165, 1.54) is 12.1 Å². The van der Waals surface area contributed by atoms with Gasteiger partial charge in [-0.15, -0.1) is 6.42 Å². The molecule has 0 radical (unpaired) electrons. The molecule has 0 saturated heterocycles. The van der Waals surface area contributed by atoms with Gasteiger partial charge in [0.15, 0.2) is 0 Å². The van der Waals surface area contributed by atoms with Gasteiger partial charge in [0.2, 0.25) is 0 Å². The van der Waals surface area contributed by atoms with Gasteiger partial charge >= 0.3 is 0 Å². The van der Waals surface area contributed by atoms with Gasteiger partial charge in [-0.25, -0.2) is 0 Å². The Bertz CT molecular complexity index is 721. The van der Waals surface area contributed by atoms with Crippen molar-refractivity contribution in [3.05, 3.63) is 30.3 Å². The van der Waals surface area contributed by atoms with Crippen LogP contribution < -0.4 is 0 Å². The molecule has 0 aliphatic carbocycles. The predicted octanol–water partition coefficient (Wildman–Crippen LogP) is 1.14. The van der Waals surface area contributed by atoms with E-state index in [9.17, 15) is 8.42 Å². The fraction of sp³-hybridized carbons (Fsp3) is 0.652. The van der Waals surface area contributed by atoms with E-state index in [2.05, 4.69) is 5.92 Å².